The van der Waals surface area contributed by atoms with Gasteiger partial charge in [-0.2, -0.15) is 5.10 Å². The number of nitrogens with one attached hydrogen (secondary N) is 1. The van der Waals surface area contributed by atoms with Crippen LogP contribution in [0.25, 0.3) is 16.8 Å². The molecule has 0 spiro atoms. The summed E-state index contributed by atoms with van der Waals surface area (Å²) in [4.78, 5) is 21.3. The fourth-order valence-electron chi connectivity index (χ4n) is 3.62. The van der Waals surface area contributed by atoms with Gasteiger partial charge in [0.15, 0.2) is 5.82 Å². The molecule has 0 aliphatic carbocycles. The number of carbonyl (C=O) groups is 1. The number of nitrogens with zero attached hydrogens (tertiary/aromatic N) is 4. The SMILES string of the molecule is COc1ncc(-c2cc(C)c3c(N)ncnn23)cc1C(=O)NCCCc1ccc(Cl)cc1. The smallest absolute Gasteiger partial charge is 0.256 e. The van der Waals surface area contributed by atoms with E-state index >= 15 is 0 Å². The molecular formula is C23H23ClN6O2. The first-order chi connectivity index (χ1) is 15.5. The molecule has 0 bridgehead atoms. The molecule has 1 aromatic carbocycles. The van der Waals surface area contributed by atoms with Crippen LogP contribution in [-0.4, -0.2) is 39.1 Å². The van der Waals surface area contributed by atoms with E-state index < -0.39 is 0 Å². The summed E-state index contributed by atoms with van der Waals surface area (Å²) in [6, 6.07) is 11.4. The predicted octanol–water partition coefficient (Wildman–Crippen LogP) is 3.71. The number of amides is 1. The molecule has 0 aliphatic rings. The van der Waals surface area contributed by atoms with E-state index in [2.05, 4.69) is 20.4 Å². The van der Waals surface area contributed by atoms with Crippen molar-refractivity contribution in [2.75, 3.05) is 19.4 Å². The number of benzene rings is 1. The van der Waals surface area contributed by atoms with E-state index in [1.165, 1.54) is 19.0 Å². The van der Waals surface area contributed by atoms with E-state index in [0.29, 0.717) is 22.9 Å². The topological polar surface area (TPSA) is 107 Å². The molecule has 0 saturated heterocycles. The molecule has 3 aromatic heterocycles. The van der Waals surface area contributed by atoms with E-state index in [4.69, 9.17) is 22.1 Å². The van der Waals surface area contributed by atoms with Gasteiger partial charge in [0.1, 0.15) is 17.4 Å². The first-order valence-corrected chi connectivity index (χ1v) is 10.5. The van der Waals surface area contributed by atoms with Crippen molar-refractivity contribution in [3.8, 4) is 17.1 Å². The van der Waals surface area contributed by atoms with E-state index in [9.17, 15) is 4.79 Å². The van der Waals surface area contributed by atoms with Gasteiger partial charge in [0.2, 0.25) is 5.88 Å². The Morgan fingerprint density at radius 3 is 2.75 bits per heavy atom. The number of anilines is 1. The molecule has 0 unspecified atom stereocenters. The van der Waals surface area contributed by atoms with Crippen molar-refractivity contribution in [2.45, 2.75) is 19.8 Å². The van der Waals surface area contributed by atoms with Crippen molar-refractivity contribution in [2.24, 2.45) is 0 Å². The average molecular weight is 451 g/mol. The number of hydrogen-bond acceptors (Lipinski definition) is 6. The van der Waals surface area contributed by atoms with Crippen LogP contribution in [0.5, 0.6) is 5.88 Å². The summed E-state index contributed by atoms with van der Waals surface area (Å²) in [5, 5.41) is 7.97. The van der Waals surface area contributed by atoms with Crippen LogP contribution >= 0.6 is 11.6 Å². The second-order valence-electron chi connectivity index (χ2n) is 7.39. The number of aryl methyl sites for hydroxylation is 2. The number of nitrogen functional groups attached to an aromatic ring is 1. The van der Waals surface area contributed by atoms with Crippen molar-refractivity contribution in [3.63, 3.8) is 0 Å². The molecule has 9 heteroatoms. The number of halogens is 1. The highest BCUT2D eigenvalue weighted by Crippen LogP contribution is 2.29. The number of aromatic nitrogens is 4. The van der Waals surface area contributed by atoms with Gasteiger partial charge in [-0.25, -0.2) is 14.5 Å². The highest BCUT2D eigenvalue weighted by Gasteiger charge is 2.18. The lowest BCUT2D eigenvalue weighted by Gasteiger charge is -2.11. The van der Waals surface area contributed by atoms with Gasteiger partial charge in [-0.05, 0) is 55.2 Å². The number of pyridine rings is 1. The Kier molecular flexibility index (Phi) is 6.23. The van der Waals surface area contributed by atoms with Crippen LogP contribution in [0.2, 0.25) is 5.02 Å². The Balaban J connectivity index is 1.53. The second kappa shape index (κ2) is 9.23. The fraction of sp³-hybridized carbons (Fsp3) is 0.217. The van der Waals surface area contributed by atoms with Crippen molar-refractivity contribution in [1.82, 2.24) is 24.9 Å². The zero-order valence-corrected chi connectivity index (χ0v) is 18.6. The van der Waals surface area contributed by atoms with Gasteiger partial charge in [0.05, 0.1) is 12.8 Å². The third kappa shape index (κ3) is 4.36. The van der Waals surface area contributed by atoms with Crippen LogP contribution < -0.4 is 15.8 Å². The molecular weight excluding hydrogens is 428 g/mol. The van der Waals surface area contributed by atoms with Gasteiger partial charge < -0.3 is 15.8 Å². The summed E-state index contributed by atoms with van der Waals surface area (Å²) in [6.45, 7) is 2.45. The summed E-state index contributed by atoms with van der Waals surface area (Å²) in [7, 11) is 1.49. The molecule has 0 saturated carbocycles. The maximum Gasteiger partial charge on any atom is 0.256 e. The fourth-order valence-corrected chi connectivity index (χ4v) is 3.74. The highest BCUT2D eigenvalue weighted by atomic mass is 35.5. The predicted molar refractivity (Wildman–Crippen MR) is 124 cm³/mol. The number of nitrogens with two attached hydrogens (primary N) is 1. The zero-order valence-electron chi connectivity index (χ0n) is 17.8. The molecule has 3 heterocycles. The maximum atomic E-state index is 12.9. The van der Waals surface area contributed by atoms with E-state index in [1.807, 2.05) is 37.3 Å². The monoisotopic (exact) mass is 450 g/mol. The minimum absolute atomic E-state index is 0.251. The Morgan fingerprint density at radius 2 is 2.00 bits per heavy atom. The molecule has 164 valence electrons. The largest absolute Gasteiger partial charge is 0.480 e. The lowest BCUT2D eigenvalue weighted by Crippen LogP contribution is -2.25. The minimum Gasteiger partial charge on any atom is -0.480 e. The Labute approximate surface area is 190 Å². The number of methoxy groups -OCH3 is 1. The molecule has 0 radical (unpaired) electrons. The molecule has 0 atom stereocenters. The van der Waals surface area contributed by atoms with Crippen molar-refractivity contribution >= 4 is 28.8 Å². The third-order valence-corrected chi connectivity index (χ3v) is 5.45. The Bertz CT molecular complexity index is 1270. The standard InChI is InChI=1S/C23H23ClN6O2/c1-14-10-19(30-20(14)21(25)28-13-29-30)16-11-18(23(32-2)27-12-16)22(31)26-9-3-4-15-5-7-17(24)8-6-15/h5-8,10-13H,3-4,9H2,1-2H3,(H,26,31)(H2,25,28,29). The maximum absolute atomic E-state index is 12.9. The lowest BCUT2D eigenvalue weighted by atomic mass is 10.1. The van der Waals surface area contributed by atoms with Crippen LogP contribution in [0.15, 0.2) is 48.9 Å². The third-order valence-electron chi connectivity index (χ3n) is 5.20. The van der Waals surface area contributed by atoms with Crippen molar-refractivity contribution < 1.29 is 9.53 Å². The van der Waals surface area contributed by atoms with Gasteiger partial charge in [0.25, 0.3) is 5.91 Å². The summed E-state index contributed by atoms with van der Waals surface area (Å²) in [5.41, 5.74) is 10.7. The van der Waals surface area contributed by atoms with Crippen LogP contribution in [0, 0.1) is 6.92 Å². The first kappa shape index (κ1) is 21.6. The number of ether oxygens (including phenoxy) is 1. The van der Waals surface area contributed by atoms with E-state index in [1.54, 1.807) is 16.8 Å². The summed E-state index contributed by atoms with van der Waals surface area (Å²) in [6.07, 6.45) is 4.68. The molecule has 0 aliphatic heterocycles. The van der Waals surface area contributed by atoms with Crippen LogP contribution in [0.3, 0.4) is 0 Å². The number of fused-ring (bicyclic) bond motifs is 1. The number of hydrogen-bond donors (Lipinski definition) is 2. The Hall–Kier alpha value is -3.65. The molecule has 3 N–H and O–H groups in total. The van der Waals surface area contributed by atoms with Gasteiger partial charge in [-0.1, -0.05) is 23.7 Å². The average Bonchev–Trinajstić information content (AvgIpc) is 3.15. The quantitative estimate of drug-likeness (QED) is 0.415. The van der Waals surface area contributed by atoms with Crippen molar-refractivity contribution in [1.29, 1.82) is 0 Å². The summed E-state index contributed by atoms with van der Waals surface area (Å²) >= 11 is 5.92. The zero-order chi connectivity index (χ0) is 22.7. The van der Waals surface area contributed by atoms with Gasteiger partial charge in [-0.3, -0.25) is 4.79 Å². The first-order valence-electron chi connectivity index (χ1n) is 10.1. The summed E-state index contributed by atoms with van der Waals surface area (Å²) in [5.74, 6) is 0.401. The van der Waals surface area contributed by atoms with Crippen LogP contribution in [-0.2, 0) is 6.42 Å². The highest BCUT2D eigenvalue weighted by molar-refractivity contribution is 6.30. The van der Waals surface area contributed by atoms with E-state index in [0.717, 1.165) is 35.2 Å². The van der Waals surface area contributed by atoms with Gasteiger partial charge in [-0.15, -0.1) is 0 Å². The molecule has 8 nitrogen and oxygen atoms in total. The molecule has 0 fully saturated rings. The van der Waals surface area contributed by atoms with Gasteiger partial charge >= 0.3 is 0 Å². The lowest BCUT2D eigenvalue weighted by molar-refractivity contribution is 0.0949. The number of rotatable bonds is 7. The normalized spacial score (nSPS) is 11.0. The van der Waals surface area contributed by atoms with Crippen molar-refractivity contribution in [3.05, 3.63) is 70.6 Å². The molecule has 1 amide bonds. The summed E-state index contributed by atoms with van der Waals surface area (Å²) < 4.78 is 7.02. The molecule has 32 heavy (non-hydrogen) atoms. The molecule has 4 aromatic rings. The second-order valence-corrected chi connectivity index (χ2v) is 7.82. The van der Waals surface area contributed by atoms with Gasteiger partial charge in [0, 0.05) is 23.3 Å². The van der Waals surface area contributed by atoms with Crippen LogP contribution in [0.1, 0.15) is 27.9 Å². The number of carbonyl (C=O) groups excluding carboxylic acids is 1. The van der Waals surface area contributed by atoms with E-state index in [-0.39, 0.29) is 11.8 Å². The minimum atomic E-state index is -0.251. The Morgan fingerprint density at radius 1 is 1.22 bits per heavy atom. The van der Waals surface area contributed by atoms with Crippen LogP contribution in [0.4, 0.5) is 5.82 Å². The molecule has 4 rings (SSSR count).